The van der Waals surface area contributed by atoms with Gasteiger partial charge in [-0.15, -0.1) is 0 Å². The van der Waals surface area contributed by atoms with Gasteiger partial charge < -0.3 is 24.7 Å². The molecule has 17 heteroatoms. The van der Waals surface area contributed by atoms with Gasteiger partial charge in [0, 0.05) is 46.0 Å². The van der Waals surface area contributed by atoms with Crippen LogP contribution in [0.15, 0.2) is 110 Å². The van der Waals surface area contributed by atoms with E-state index in [9.17, 15) is 16.8 Å². The van der Waals surface area contributed by atoms with E-state index in [1.54, 1.807) is 39.8 Å². The number of rotatable bonds is 12. The molecule has 0 unspecified atom stereocenters. The second-order valence-electron chi connectivity index (χ2n) is 12.2. The van der Waals surface area contributed by atoms with Crippen molar-refractivity contribution in [3.63, 3.8) is 0 Å². The van der Waals surface area contributed by atoms with Crippen molar-refractivity contribution in [3.8, 4) is 45.5 Å². The number of nitrogens with zero attached hydrogens (tertiary/aromatic N) is 4. The number of aromatic nitrogens is 4. The van der Waals surface area contributed by atoms with Gasteiger partial charge in [-0.05, 0) is 71.8 Å². The van der Waals surface area contributed by atoms with E-state index in [1.165, 1.54) is 13.4 Å². The molecule has 0 fully saturated rings. The van der Waals surface area contributed by atoms with Crippen LogP contribution in [0.4, 0.5) is 11.4 Å². The van der Waals surface area contributed by atoms with Crippen LogP contribution in [0.2, 0.25) is 0 Å². The Morgan fingerprint density at radius 3 is 1.44 bits per heavy atom. The predicted octanol–water partition coefficient (Wildman–Crippen LogP) is 6.64. The number of nitrogens with two attached hydrogens (primary N) is 1. The highest BCUT2D eigenvalue weighted by Crippen LogP contribution is 2.31. The number of halogens is 1. The average molecular weight is 835 g/mol. The lowest BCUT2D eigenvalue weighted by atomic mass is 10.1. The molecule has 0 bridgehead atoms. The average Bonchev–Trinajstić information content (AvgIpc) is 3.18. The molecule has 57 heavy (non-hydrogen) atoms. The van der Waals surface area contributed by atoms with Gasteiger partial charge in [0.1, 0.15) is 35.7 Å². The smallest absolute Gasteiger partial charge is 0.229 e. The number of ether oxygens (including phenoxy) is 4. The molecule has 300 valence electrons. The molecule has 0 radical (unpaired) electrons. The van der Waals surface area contributed by atoms with Crippen LogP contribution in [0.5, 0.6) is 23.0 Å². The summed E-state index contributed by atoms with van der Waals surface area (Å²) in [6.07, 6.45) is 6.33. The van der Waals surface area contributed by atoms with Crippen molar-refractivity contribution in [2.45, 2.75) is 12.8 Å². The zero-order valence-corrected chi connectivity index (χ0v) is 34.5. The molecule has 0 saturated heterocycles. The fourth-order valence-electron chi connectivity index (χ4n) is 5.41. The maximum Gasteiger partial charge on any atom is 0.229 e. The van der Waals surface area contributed by atoms with Crippen molar-refractivity contribution >= 4 is 41.1 Å². The minimum atomic E-state index is -3.39. The molecule has 6 rings (SSSR count). The van der Waals surface area contributed by atoms with Crippen molar-refractivity contribution < 1.29 is 35.8 Å². The first kappa shape index (κ1) is 43.8. The monoisotopic (exact) mass is 834 g/mol. The summed E-state index contributed by atoms with van der Waals surface area (Å²) < 4.78 is 65.6. The Hall–Kier alpha value is -5.97. The number of anilines is 2. The lowest BCUT2D eigenvalue weighted by Crippen LogP contribution is -2.10. The molecule has 6 aromatic rings. The Morgan fingerprint density at radius 1 is 0.579 bits per heavy atom. The minimum Gasteiger partial charge on any atom is -0.496 e. The van der Waals surface area contributed by atoms with Crippen molar-refractivity contribution in [3.05, 3.63) is 132 Å². The number of para-hydroxylation sites is 2. The standard InChI is InChI=1S/C20H21N3O4S.C19H19N3O2.CH3ClO2S/c1-26-19-7-5-4-6-16(19)18-12-15(21-13-22-18)10-14-8-9-17(20(11-14)27-2)23-28(3,24)25;1-23-18-6-4-3-5-15(18)17-11-14(21-12-22-17)9-13-7-8-16(20)19(10-13)24-2;1-5(2,3)4/h4-9,11-13,23H,10H2,1-3H3;3-8,10-12H,9,20H2,1-2H3;1H3. The van der Waals surface area contributed by atoms with Crippen molar-refractivity contribution in [2.24, 2.45) is 0 Å². The van der Waals surface area contributed by atoms with Crippen LogP contribution in [0.25, 0.3) is 22.5 Å². The molecular weight excluding hydrogens is 792 g/mol. The Morgan fingerprint density at radius 2 is 1.00 bits per heavy atom. The van der Waals surface area contributed by atoms with E-state index in [2.05, 4.69) is 35.3 Å². The molecule has 0 aliphatic heterocycles. The quantitative estimate of drug-likeness (QED) is 0.0985. The van der Waals surface area contributed by atoms with Gasteiger partial charge >= 0.3 is 0 Å². The van der Waals surface area contributed by atoms with Gasteiger partial charge in [0.05, 0.1) is 63.7 Å². The second kappa shape index (κ2) is 20.3. The Balaban J connectivity index is 0.000000228. The molecule has 14 nitrogen and oxygen atoms in total. The molecule has 4 aromatic carbocycles. The van der Waals surface area contributed by atoms with Gasteiger partial charge in [0.25, 0.3) is 0 Å². The normalized spacial score (nSPS) is 10.9. The van der Waals surface area contributed by atoms with E-state index in [1.807, 2.05) is 84.9 Å². The van der Waals surface area contributed by atoms with Gasteiger partial charge in [-0.1, -0.05) is 36.4 Å². The largest absolute Gasteiger partial charge is 0.496 e. The fourth-order valence-corrected chi connectivity index (χ4v) is 5.98. The fraction of sp³-hybridized carbons (Fsp3) is 0.200. The summed E-state index contributed by atoms with van der Waals surface area (Å²) in [5.41, 5.74) is 14.1. The van der Waals surface area contributed by atoms with Crippen LogP contribution in [-0.2, 0) is 31.9 Å². The summed E-state index contributed by atoms with van der Waals surface area (Å²) in [5.74, 6) is 2.65. The van der Waals surface area contributed by atoms with Crippen molar-refractivity contribution in [1.82, 2.24) is 19.9 Å². The van der Waals surface area contributed by atoms with Crippen LogP contribution in [0, 0.1) is 0 Å². The molecule has 0 aliphatic carbocycles. The van der Waals surface area contributed by atoms with Crippen molar-refractivity contribution in [1.29, 1.82) is 0 Å². The number of benzene rings is 4. The highest BCUT2D eigenvalue weighted by Gasteiger charge is 2.13. The Kier molecular flexibility index (Phi) is 15.6. The third-order valence-electron chi connectivity index (χ3n) is 7.84. The third kappa shape index (κ3) is 13.9. The summed E-state index contributed by atoms with van der Waals surface area (Å²) in [6.45, 7) is 0. The molecule has 2 heterocycles. The Bertz CT molecular complexity index is 2500. The molecule has 0 spiro atoms. The topological polar surface area (TPSA) is 195 Å². The first-order valence-electron chi connectivity index (χ1n) is 17.0. The van der Waals surface area contributed by atoms with Crippen LogP contribution in [-0.4, -0.2) is 77.7 Å². The van der Waals surface area contributed by atoms with Crippen molar-refractivity contribution in [2.75, 3.05) is 51.4 Å². The lowest BCUT2D eigenvalue weighted by molar-refractivity contribution is 0.416. The predicted molar refractivity (Wildman–Crippen MR) is 223 cm³/mol. The van der Waals surface area contributed by atoms with Gasteiger partial charge in [-0.2, -0.15) is 0 Å². The maximum absolute atomic E-state index is 11.5. The molecule has 0 saturated carbocycles. The number of hydrogen-bond acceptors (Lipinski definition) is 13. The van der Waals surface area contributed by atoms with Gasteiger partial charge in [0.15, 0.2) is 0 Å². The SMILES string of the molecule is COc1cc(Cc2cc(-c3ccccc3OC)ncn2)ccc1N.COc1cc(Cc2cc(-c3ccccc3OC)ncn2)ccc1NS(C)(=O)=O.CS(=O)(=O)Cl. The zero-order valence-electron chi connectivity index (χ0n) is 32.1. The minimum absolute atomic E-state index is 0.395. The summed E-state index contributed by atoms with van der Waals surface area (Å²) >= 11 is 0. The molecule has 0 atom stereocenters. The number of sulfonamides is 1. The van der Waals surface area contributed by atoms with Crippen LogP contribution in [0.1, 0.15) is 22.5 Å². The van der Waals surface area contributed by atoms with E-state index < -0.39 is 19.1 Å². The van der Waals surface area contributed by atoms with Gasteiger partial charge in [-0.25, -0.2) is 36.8 Å². The second-order valence-corrected chi connectivity index (χ2v) is 17.0. The molecule has 0 aliphatic rings. The maximum atomic E-state index is 11.5. The van der Waals surface area contributed by atoms with E-state index >= 15 is 0 Å². The van der Waals surface area contributed by atoms with Gasteiger partial charge in [0.2, 0.25) is 19.1 Å². The van der Waals surface area contributed by atoms with E-state index in [-0.39, 0.29) is 0 Å². The highest BCUT2D eigenvalue weighted by atomic mass is 35.7. The highest BCUT2D eigenvalue weighted by molar-refractivity contribution is 8.13. The lowest BCUT2D eigenvalue weighted by Gasteiger charge is -2.12. The zero-order chi connectivity index (χ0) is 41.6. The summed E-state index contributed by atoms with van der Waals surface area (Å²) in [6, 6.07) is 30.4. The van der Waals surface area contributed by atoms with E-state index in [0.717, 1.165) is 69.0 Å². The number of nitrogens with one attached hydrogen (secondary N) is 1. The molecule has 3 N–H and O–H groups in total. The van der Waals surface area contributed by atoms with Crippen LogP contribution in [0.3, 0.4) is 0 Å². The first-order valence-corrected chi connectivity index (χ1v) is 21.6. The molecule has 2 aromatic heterocycles. The summed E-state index contributed by atoms with van der Waals surface area (Å²) in [7, 11) is 4.31. The van der Waals surface area contributed by atoms with Gasteiger partial charge in [-0.3, -0.25) is 4.72 Å². The number of hydrogen-bond donors (Lipinski definition) is 2. The summed E-state index contributed by atoms with van der Waals surface area (Å²) in [4.78, 5) is 17.4. The number of methoxy groups -OCH3 is 4. The van der Waals surface area contributed by atoms with E-state index in [4.69, 9.17) is 24.7 Å². The molecular formula is C40H43ClN6O8S2. The van der Waals surface area contributed by atoms with Crippen LogP contribution >= 0.6 is 10.7 Å². The summed E-state index contributed by atoms with van der Waals surface area (Å²) in [5, 5.41) is 0. The first-order chi connectivity index (χ1) is 27.1. The van der Waals surface area contributed by atoms with Crippen LogP contribution < -0.4 is 29.4 Å². The Labute approximate surface area is 337 Å². The van der Waals surface area contributed by atoms with E-state index in [0.29, 0.717) is 35.7 Å². The number of nitrogen functional groups attached to an aromatic ring is 1. The molecule has 0 amide bonds. The third-order valence-corrected chi connectivity index (χ3v) is 8.43.